The number of carbonyl (C=O) groups excluding carboxylic acids is 5. The molecule has 4 aliphatic rings. The molecule has 5 atom stereocenters. The Morgan fingerprint density at radius 2 is 1.62 bits per heavy atom. The number of nitrogens with zero attached hydrogens (tertiary/aromatic N) is 2. The SMILES string of the molecule is CC(C)C(=O)N[C@H](C(=O)N1CC2C(C1C(=O)NC(CC1CC1)C(=O)C(=O)N1CCC1)C2(C)C)C(C)(C)C. The van der Waals surface area contributed by atoms with E-state index < -0.39 is 35.2 Å². The Labute approximate surface area is 220 Å². The van der Waals surface area contributed by atoms with E-state index in [-0.39, 0.29) is 40.9 Å². The molecule has 2 aliphatic carbocycles. The van der Waals surface area contributed by atoms with Gasteiger partial charge in [-0.2, -0.15) is 0 Å². The first-order valence-corrected chi connectivity index (χ1v) is 13.9. The van der Waals surface area contributed by atoms with Crippen LogP contribution < -0.4 is 10.6 Å². The van der Waals surface area contributed by atoms with Crippen molar-refractivity contribution in [3.63, 3.8) is 0 Å². The van der Waals surface area contributed by atoms with Crippen molar-refractivity contribution in [3.05, 3.63) is 0 Å². The van der Waals surface area contributed by atoms with Crippen molar-refractivity contribution >= 4 is 29.4 Å². The van der Waals surface area contributed by atoms with Crippen LogP contribution in [0.15, 0.2) is 0 Å². The molecule has 2 N–H and O–H groups in total. The van der Waals surface area contributed by atoms with Gasteiger partial charge < -0.3 is 20.4 Å². The Morgan fingerprint density at radius 1 is 1.00 bits per heavy atom. The Balaban J connectivity index is 1.55. The summed E-state index contributed by atoms with van der Waals surface area (Å²) in [6.07, 6.45) is 3.33. The lowest BCUT2D eigenvalue weighted by Gasteiger charge is -2.38. The molecule has 2 saturated heterocycles. The summed E-state index contributed by atoms with van der Waals surface area (Å²) in [7, 11) is 0. The van der Waals surface area contributed by atoms with Gasteiger partial charge in [-0.25, -0.2) is 0 Å². The van der Waals surface area contributed by atoms with E-state index >= 15 is 0 Å². The molecule has 0 bridgehead atoms. The minimum absolute atomic E-state index is 0.0272. The van der Waals surface area contributed by atoms with E-state index in [9.17, 15) is 24.0 Å². The van der Waals surface area contributed by atoms with Crippen LogP contribution in [0.25, 0.3) is 0 Å². The molecule has 4 unspecified atom stereocenters. The van der Waals surface area contributed by atoms with E-state index in [4.69, 9.17) is 0 Å². The number of rotatable bonds is 9. The van der Waals surface area contributed by atoms with E-state index in [1.54, 1.807) is 18.7 Å². The maximum Gasteiger partial charge on any atom is 0.292 e. The summed E-state index contributed by atoms with van der Waals surface area (Å²) >= 11 is 0. The molecule has 2 aliphatic heterocycles. The van der Waals surface area contributed by atoms with Crippen LogP contribution in [-0.4, -0.2) is 77.0 Å². The second-order valence-corrected chi connectivity index (χ2v) is 13.6. The number of ketones is 1. The monoisotopic (exact) mass is 516 g/mol. The number of hydrogen-bond acceptors (Lipinski definition) is 5. The van der Waals surface area contributed by atoms with Gasteiger partial charge in [0, 0.05) is 25.6 Å². The van der Waals surface area contributed by atoms with Crippen molar-refractivity contribution < 1.29 is 24.0 Å². The fourth-order valence-corrected chi connectivity index (χ4v) is 5.94. The van der Waals surface area contributed by atoms with Crippen LogP contribution in [-0.2, 0) is 24.0 Å². The average Bonchev–Trinajstić information content (AvgIpc) is 3.61. The fraction of sp³-hybridized carbons (Fsp3) is 0.821. The highest BCUT2D eigenvalue weighted by molar-refractivity contribution is 6.38. The van der Waals surface area contributed by atoms with Gasteiger partial charge in [0.2, 0.25) is 23.5 Å². The second-order valence-electron chi connectivity index (χ2n) is 13.6. The lowest BCUT2D eigenvalue weighted by molar-refractivity contribution is -0.150. The molecule has 0 spiro atoms. The van der Waals surface area contributed by atoms with Crippen molar-refractivity contribution in [2.45, 2.75) is 92.3 Å². The highest BCUT2D eigenvalue weighted by atomic mass is 16.2. The molecule has 4 fully saturated rings. The van der Waals surface area contributed by atoms with Crippen LogP contribution in [0, 0.1) is 34.5 Å². The quantitative estimate of drug-likeness (QED) is 0.453. The molecule has 0 aromatic carbocycles. The zero-order chi connectivity index (χ0) is 27.4. The van der Waals surface area contributed by atoms with Gasteiger partial charge in [-0.15, -0.1) is 0 Å². The largest absolute Gasteiger partial charge is 0.344 e. The predicted octanol–water partition coefficient (Wildman–Crippen LogP) is 1.74. The zero-order valence-electron chi connectivity index (χ0n) is 23.4. The minimum atomic E-state index is -0.870. The molecule has 0 radical (unpaired) electrons. The first-order valence-electron chi connectivity index (χ1n) is 13.9. The van der Waals surface area contributed by atoms with Crippen molar-refractivity contribution in [1.82, 2.24) is 20.4 Å². The van der Waals surface area contributed by atoms with Crippen LogP contribution in [0.4, 0.5) is 0 Å². The minimum Gasteiger partial charge on any atom is -0.344 e. The second kappa shape index (κ2) is 9.70. The first-order chi connectivity index (χ1) is 17.1. The van der Waals surface area contributed by atoms with Crippen LogP contribution in [0.1, 0.15) is 74.1 Å². The number of hydrogen-bond donors (Lipinski definition) is 2. The Morgan fingerprint density at radius 3 is 2.11 bits per heavy atom. The summed E-state index contributed by atoms with van der Waals surface area (Å²) in [5, 5.41) is 5.82. The summed E-state index contributed by atoms with van der Waals surface area (Å²) in [5.74, 6) is -1.73. The molecule has 0 aromatic heterocycles. The van der Waals surface area contributed by atoms with Gasteiger partial charge in [0.05, 0.1) is 6.04 Å². The van der Waals surface area contributed by atoms with E-state index in [1.165, 1.54) is 4.90 Å². The highest BCUT2D eigenvalue weighted by Gasteiger charge is 2.70. The molecule has 2 heterocycles. The van der Waals surface area contributed by atoms with Gasteiger partial charge in [-0.3, -0.25) is 24.0 Å². The van der Waals surface area contributed by atoms with Crippen molar-refractivity contribution in [1.29, 1.82) is 0 Å². The van der Waals surface area contributed by atoms with Crippen molar-refractivity contribution in [2.24, 2.45) is 34.5 Å². The summed E-state index contributed by atoms with van der Waals surface area (Å²) in [5.41, 5.74) is -0.653. The lowest BCUT2D eigenvalue weighted by atomic mass is 9.84. The normalized spacial score (nSPS) is 27.6. The third-order valence-corrected chi connectivity index (χ3v) is 8.94. The molecule has 4 amide bonds. The molecule has 4 rings (SSSR count). The topological polar surface area (TPSA) is 116 Å². The summed E-state index contributed by atoms with van der Waals surface area (Å²) in [6.45, 7) is 15.1. The number of piperidine rings is 1. The highest BCUT2D eigenvalue weighted by Crippen LogP contribution is 2.65. The Kier molecular flexibility index (Phi) is 7.23. The fourth-order valence-electron chi connectivity index (χ4n) is 5.94. The zero-order valence-corrected chi connectivity index (χ0v) is 23.4. The number of carbonyl (C=O) groups is 5. The molecule has 206 valence electrons. The molecule has 9 nitrogen and oxygen atoms in total. The van der Waals surface area contributed by atoms with Crippen molar-refractivity contribution in [3.8, 4) is 0 Å². The van der Waals surface area contributed by atoms with Gasteiger partial charge >= 0.3 is 0 Å². The van der Waals surface area contributed by atoms with Crippen LogP contribution in [0.5, 0.6) is 0 Å². The van der Waals surface area contributed by atoms with Gasteiger partial charge in [-0.05, 0) is 41.4 Å². The maximum absolute atomic E-state index is 13.9. The number of amides is 4. The third kappa shape index (κ3) is 5.41. The summed E-state index contributed by atoms with van der Waals surface area (Å²) in [4.78, 5) is 69.2. The number of Topliss-reactive ketones (excluding diaryl/α,β-unsaturated/α-hetero) is 1. The van der Waals surface area contributed by atoms with Gasteiger partial charge in [0.1, 0.15) is 12.1 Å². The first kappa shape index (κ1) is 27.6. The molecule has 9 heteroatoms. The molecule has 37 heavy (non-hydrogen) atoms. The lowest BCUT2D eigenvalue weighted by Crippen LogP contribution is -2.61. The molecule has 0 aromatic rings. The van der Waals surface area contributed by atoms with Crippen LogP contribution >= 0.6 is 0 Å². The maximum atomic E-state index is 13.9. The number of fused-ring (bicyclic) bond motifs is 1. The average molecular weight is 517 g/mol. The van der Waals surface area contributed by atoms with E-state index in [0.717, 1.165) is 19.3 Å². The van der Waals surface area contributed by atoms with Crippen LogP contribution in [0.3, 0.4) is 0 Å². The molecular weight excluding hydrogens is 472 g/mol. The standard InChI is InChI=1S/C28H44N4O5/c1-15(2)23(34)30-22(27(3,4)5)26(37)32-14-17-19(28(17,6)7)20(32)24(35)29-18(13-16-9-10-16)21(33)25(36)31-11-8-12-31/h15-20,22H,8-14H2,1-7H3,(H,29,35)(H,30,34)/t17?,18?,19?,20?,22-/m1/s1. The van der Waals surface area contributed by atoms with Gasteiger partial charge in [0.15, 0.2) is 0 Å². The van der Waals surface area contributed by atoms with Crippen molar-refractivity contribution in [2.75, 3.05) is 19.6 Å². The smallest absolute Gasteiger partial charge is 0.292 e. The van der Waals surface area contributed by atoms with E-state index in [2.05, 4.69) is 24.5 Å². The van der Waals surface area contributed by atoms with Crippen LogP contribution in [0.2, 0.25) is 0 Å². The Bertz CT molecular complexity index is 976. The van der Waals surface area contributed by atoms with E-state index in [1.807, 2.05) is 20.8 Å². The van der Waals surface area contributed by atoms with Gasteiger partial charge in [0.25, 0.3) is 5.91 Å². The number of nitrogens with one attached hydrogen (secondary N) is 2. The number of likely N-dealkylation sites (tertiary alicyclic amines) is 2. The van der Waals surface area contributed by atoms with E-state index in [0.29, 0.717) is 32.0 Å². The van der Waals surface area contributed by atoms with Gasteiger partial charge in [-0.1, -0.05) is 61.3 Å². The summed E-state index contributed by atoms with van der Waals surface area (Å²) in [6, 6.07) is -2.39. The molecule has 2 saturated carbocycles. The predicted molar refractivity (Wildman–Crippen MR) is 138 cm³/mol. The summed E-state index contributed by atoms with van der Waals surface area (Å²) < 4.78 is 0. The molecular formula is C28H44N4O5. The Hall–Kier alpha value is -2.45. The third-order valence-electron chi connectivity index (χ3n) is 8.94.